The number of nitro groups is 1. The van der Waals surface area contributed by atoms with E-state index >= 15 is 0 Å². The molecule has 0 bridgehead atoms. The molecule has 0 fully saturated rings. The summed E-state index contributed by atoms with van der Waals surface area (Å²) < 4.78 is 4.79. The minimum Gasteiger partial charge on any atom is -0.478 e. The third-order valence-electron chi connectivity index (χ3n) is 2.43. The van der Waals surface area contributed by atoms with Crippen LogP contribution in [0.5, 0.6) is 0 Å². The standard InChI is InChI=1S/C12H14N2O6/c1-2-3-7-20-12(17)13-10-8(11(15)16)5-4-6-9(10)14(18)19/h4-6H,2-3,7H2,1H3,(H,13,17)(H,15,16). The number of aromatic carboxylic acids is 1. The normalized spacial score (nSPS) is 9.85. The topological polar surface area (TPSA) is 119 Å². The van der Waals surface area contributed by atoms with Crippen molar-refractivity contribution in [3.05, 3.63) is 33.9 Å². The maximum absolute atomic E-state index is 11.5. The molecular weight excluding hydrogens is 268 g/mol. The number of para-hydroxylation sites is 1. The lowest BCUT2D eigenvalue weighted by Gasteiger charge is -2.09. The van der Waals surface area contributed by atoms with E-state index in [1.165, 1.54) is 6.07 Å². The molecule has 0 spiro atoms. The molecule has 1 rings (SSSR count). The Hall–Kier alpha value is -2.64. The number of carbonyl (C=O) groups excluding carboxylic acids is 1. The van der Waals surface area contributed by atoms with E-state index in [0.29, 0.717) is 6.42 Å². The van der Waals surface area contributed by atoms with Gasteiger partial charge in [0.2, 0.25) is 0 Å². The van der Waals surface area contributed by atoms with Crippen LogP contribution in [0.1, 0.15) is 30.1 Å². The Bertz CT molecular complexity index is 496. The van der Waals surface area contributed by atoms with Gasteiger partial charge in [0.15, 0.2) is 0 Å². The second-order valence-corrected chi connectivity index (χ2v) is 3.88. The van der Waals surface area contributed by atoms with Crippen molar-refractivity contribution < 1.29 is 24.4 Å². The number of carbonyl (C=O) groups is 2. The molecule has 0 aliphatic carbocycles. The quantitative estimate of drug-likeness (QED) is 0.470. The van der Waals surface area contributed by atoms with E-state index in [1.54, 1.807) is 0 Å². The molecule has 0 saturated carbocycles. The summed E-state index contributed by atoms with van der Waals surface area (Å²) in [6.07, 6.45) is 0.546. The zero-order valence-electron chi connectivity index (χ0n) is 10.8. The molecule has 1 aromatic carbocycles. The van der Waals surface area contributed by atoms with E-state index in [2.05, 4.69) is 5.32 Å². The molecule has 0 aromatic heterocycles. The molecule has 2 N–H and O–H groups in total. The Labute approximate surface area is 114 Å². The van der Waals surface area contributed by atoms with Gasteiger partial charge in [0.05, 0.1) is 17.1 Å². The number of anilines is 1. The van der Waals surface area contributed by atoms with E-state index in [1.807, 2.05) is 6.92 Å². The average molecular weight is 282 g/mol. The Morgan fingerprint density at radius 1 is 1.45 bits per heavy atom. The Balaban J connectivity index is 2.99. The molecule has 108 valence electrons. The number of carboxylic acids is 1. The summed E-state index contributed by atoms with van der Waals surface area (Å²) in [5.41, 5.74) is -1.25. The van der Waals surface area contributed by atoms with Crippen LogP contribution in [-0.2, 0) is 4.74 Å². The number of nitro benzene ring substituents is 1. The van der Waals surface area contributed by atoms with Gasteiger partial charge < -0.3 is 9.84 Å². The molecule has 0 aliphatic heterocycles. The third kappa shape index (κ3) is 3.94. The first-order valence-corrected chi connectivity index (χ1v) is 5.91. The molecule has 1 amide bonds. The van der Waals surface area contributed by atoms with Gasteiger partial charge in [0.1, 0.15) is 5.69 Å². The van der Waals surface area contributed by atoms with Crippen LogP contribution in [-0.4, -0.2) is 28.7 Å². The highest BCUT2D eigenvalue weighted by Crippen LogP contribution is 2.28. The maximum atomic E-state index is 11.5. The minimum absolute atomic E-state index is 0.158. The van der Waals surface area contributed by atoms with Gasteiger partial charge in [-0.2, -0.15) is 0 Å². The predicted molar refractivity (Wildman–Crippen MR) is 69.9 cm³/mol. The molecule has 1 aromatic rings. The summed E-state index contributed by atoms with van der Waals surface area (Å²) in [5, 5.41) is 22.0. The van der Waals surface area contributed by atoms with Crippen LogP contribution in [0, 0.1) is 10.1 Å². The lowest BCUT2D eigenvalue weighted by molar-refractivity contribution is -0.383. The fourth-order valence-electron chi connectivity index (χ4n) is 1.45. The molecule has 0 heterocycles. The molecular formula is C12H14N2O6. The van der Waals surface area contributed by atoms with Crippen LogP contribution in [0.25, 0.3) is 0 Å². The predicted octanol–water partition coefficient (Wildman–Crippen LogP) is 2.64. The van der Waals surface area contributed by atoms with Crippen LogP contribution in [0.2, 0.25) is 0 Å². The van der Waals surface area contributed by atoms with Gasteiger partial charge in [-0.05, 0) is 12.5 Å². The SMILES string of the molecule is CCCCOC(=O)Nc1c(C(=O)O)cccc1[N+](=O)[O-]. The highest BCUT2D eigenvalue weighted by atomic mass is 16.6. The van der Waals surface area contributed by atoms with Crippen molar-refractivity contribution in [1.82, 2.24) is 0 Å². The smallest absolute Gasteiger partial charge is 0.411 e. The molecule has 8 heteroatoms. The van der Waals surface area contributed by atoms with E-state index in [-0.39, 0.29) is 17.9 Å². The van der Waals surface area contributed by atoms with E-state index < -0.39 is 22.7 Å². The van der Waals surface area contributed by atoms with Gasteiger partial charge in [0.25, 0.3) is 5.69 Å². The second kappa shape index (κ2) is 7.07. The monoisotopic (exact) mass is 282 g/mol. The Morgan fingerprint density at radius 2 is 2.15 bits per heavy atom. The number of nitrogens with one attached hydrogen (secondary N) is 1. The number of carboxylic acid groups (broad SMARTS) is 1. The number of benzene rings is 1. The molecule has 0 radical (unpaired) electrons. The van der Waals surface area contributed by atoms with Crippen LogP contribution in [0.4, 0.5) is 16.2 Å². The first kappa shape index (κ1) is 15.4. The van der Waals surface area contributed by atoms with Crippen molar-refractivity contribution in [1.29, 1.82) is 0 Å². The van der Waals surface area contributed by atoms with Crippen molar-refractivity contribution in [3.63, 3.8) is 0 Å². The van der Waals surface area contributed by atoms with Crippen molar-refractivity contribution in [2.75, 3.05) is 11.9 Å². The molecule has 0 saturated heterocycles. The second-order valence-electron chi connectivity index (χ2n) is 3.88. The van der Waals surface area contributed by atoms with E-state index in [9.17, 15) is 19.7 Å². The van der Waals surface area contributed by atoms with Crippen molar-refractivity contribution in [2.24, 2.45) is 0 Å². The zero-order valence-corrected chi connectivity index (χ0v) is 10.8. The number of amides is 1. The van der Waals surface area contributed by atoms with E-state index in [4.69, 9.17) is 9.84 Å². The van der Waals surface area contributed by atoms with Gasteiger partial charge in [-0.3, -0.25) is 15.4 Å². The van der Waals surface area contributed by atoms with Crippen LogP contribution < -0.4 is 5.32 Å². The number of hydrogen-bond donors (Lipinski definition) is 2. The van der Waals surface area contributed by atoms with Gasteiger partial charge >= 0.3 is 12.1 Å². The van der Waals surface area contributed by atoms with Gasteiger partial charge in [-0.25, -0.2) is 9.59 Å². The number of hydrogen-bond acceptors (Lipinski definition) is 5. The van der Waals surface area contributed by atoms with Gasteiger partial charge in [-0.15, -0.1) is 0 Å². The maximum Gasteiger partial charge on any atom is 0.411 e. The summed E-state index contributed by atoms with van der Waals surface area (Å²) in [6, 6.07) is 3.50. The van der Waals surface area contributed by atoms with Gasteiger partial charge in [0, 0.05) is 6.07 Å². The van der Waals surface area contributed by atoms with Crippen LogP contribution in [0.15, 0.2) is 18.2 Å². The highest BCUT2D eigenvalue weighted by molar-refractivity contribution is 6.01. The largest absolute Gasteiger partial charge is 0.478 e. The molecule has 0 atom stereocenters. The summed E-state index contributed by atoms with van der Waals surface area (Å²) in [5.74, 6) is -1.38. The number of nitrogens with zero attached hydrogens (tertiary/aromatic N) is 1. The van der Waals surface area contributed by atoms with E-state index in [0.717, 1.165) is 18.6 Å². The fraction of sp³-hybridized carbons (Fsp3) is 0.333. The highest BCUT2D eigenvalue weighted by Gasteiger charge is 2.23. The lowest BCUT2D eigenvalue weighted by atomic mass is 10.1. The van der Waals surface area contributed by atoms with Crippen molar-refractivity contribution >= 4 is 23.4 Å². The molecule has 0 aliphatic rings. The van der Waals surface area contributed by atoms with Crippen molar-refractivity contribution in [2.45, 2.75) is 19.8 Å². The molecule has 8 nitrogen and oxygen atoms in total. The minimum atomic E-state index is -1.38. The van der Waals surface area contributed by atoms with Crippen LogP contribution in [0.3, 0.4) is 0 Å². The summed E-state index contributed by atoms with van der Waals surface area (Å²) in [6.45, 7) is 2.07. The molecule has 0 unspecified atom stereocenters. The lowest BCUT2D eigenvalue weighted by Crippen LogP contribution is -2.17. The van der Waals surface area contributed by atoms with Crippen LogP contribution >= 0.6 is 0 Å². The first-order chi connectivity index (χ1) is 9.47. The first-order valence-electron chi connectivity index (χ1n) is 5.91. The average Bonchev–Trinajstić information content (AvgIpc) is 2.38. The summed E-state index contributed by atoms with van der Waals surface area (Å²) >= 11 is 0. The summed E-state index contributed by atoms with van der Waals surface area (Å²) in [4.78, 5) is 32.6. The van der Waals surface area contributed by atoms with Gasteiger partial charge in [-0.1, -0.05) is 19.4 Å². The Morgan fingerprint density at radius 3 is 2.70 bits per heavy atom. The molecule has 20 heavy (non-hydrogen) atoms. The fourth-order valence-corrected chi connectivity index (χ4v) is 1.45. The van der Waals surface area contributed by atoms with Crippen molar-refractivity contribution in [3.8, 4) is 0 Å². The number of ether oxygens (including phenoxy) is 1. The Kier molecular flexibility index (Phi) is 5.45. The zero-order chi connectivity index (χ0) is 15.1. The number of unbranched alkanes of at least 4 members (excludes halogenated alkanes) is 1. The summed E-state index contributed by atoms with van der Waals surface area (Å²) in [7, 11) is 0. The number of rotatable bonds is 6. The third-order valence-corrected chi connectivity index (χ3v) is 2.43.